The zero-order valence-corrected chi connectivity index (χ0v) is 13.2. The summed E-state index contributed by atoms with van der Waals surface area (Å²) in [6, 6.07) is 5.08. The fraction of sp³-hybridized carbons (Fsp3) is 0.267. The number of aromatic nitrogens is 3. The highest BCUT2D eigenvalue weighted by atomic mass is 16.2. The minimum atomic E-state index is -0.664. The second-order valence-corrected chi connectivity index (χ2v) is 4.97. The van der Waals surface area contributed by atoms with Crippen LogP contribution in [0.1, 0.15) is 15.9 Å². The van der Waals surface area contributed by atoms with Crippen LogP contribution < -0.4 is 21.9 Å². The van der Waals surface area contributed by atoms with E-state index < -0.39 is 11.2 Å². The van der Waals surface area contributed by atoms with E-state index >= 15 is 0 Å². The van der Waals surface area contributed by atoms with Crippen molar-refractivity contribution in [2.45, 2.75) is 0 Å². The molecule has 9 heteroatoms. The normalized spacial score (nSPS) is 10.0. The Morgan fingerprint density at radius 1 is 1.29 bits per heavy atom. The molecule has 1 amide bonds. The van der Waals surface area contributed by atoms with Gasteiger partial charge in [-0.25, -0.2) is 4.79 Å². The first-order valence-corrected chi connectivity index (χ1v) is 7.09. The number of carbonyl (C=O) groups excluding carboxylic acids is 1. The number of rotatable bonds is 5. The van der Waals surface area contributed by atoms with Crippen molar-refractivity contribution in [1.82, 2.24) is 19.4 Å². The Bertz CT molecular complexity index is 908. The maximum Gasteiger partial charge on any atom is 0.332 e. The maximum atomic E-state index is 11.9. The smallest absolute Gasteiger partial charge is 0.332 e. The van der Waals surface area contributed by atoms with Crippen molar-refractivity contribution in [2.75, 3.05) is 18.4 Å². The molecule has 0 bridgehead atoms. The van der Waals surface area contributed by atoms with Crippen LogP contribution in [0.4, 0.5) is 5.82 Å². The standard InChI is InChI=1S/C15H16N6O3/c1-20-12(11(8-16)14(23)21(2)15(20)24)18-6-7-19-13(22)10-4-3-5-17-9-10/h3-5,9,18H,6-7H2,1-2H3,(H,19,22). The summed E-state index contributed by atoms with van der Waals surface area (Å²) in [6.07, 6.45) is 3.01. The van der Waals surface area contributed by atoms with Gasteiger partial charge in [0.05, 0.1) is 5.56 Å². The summed E-state index contributed by atoms with van der Waals surface area (Å²) in [6.45, 7) is 0.475. The zero-order chi connectivity index (χ0) is 17.7. The van der Waals surface area contributed by atoms with Crippen LogP contribution in [0.3, 0.4) is 0 Å². The number of carbonyl (C=O) groups is 1. The van der Waals surface area contributed by atoms with Crippen LogP contribution in [0, 0.1) is 11.3 Å². The van der Waals surface area contributed by atoms with Crippen LogP contribution in [0.2, 0.25) is 0 Å². The van der Waals surface area contributed by atoms with Crippen LogP contribution in [-0.4, -0.2) is 33.1 Å². The summed E-state index contributed by atoms with van der Waals surface area (Å²) in [4.78, 5) is 39.5. The fourth-order valence-electron chi connectivity index (χ4n) is 2.11. The quantitative estimate of drug-likeness (QED) is 0.693. The first-order valence-electron chi connectivity index (χ1n) is 7.09. The second-order valence-electron chi connectivity index (χ2n) is 4.97. The predicted octanol–water partition coefficient (Wildman–Crippen LogP) is -0.807. The van der Waals surface area contributed by atoms with E-state index in [1.54, 1.807) is 24.4 Å². The van der Waals surface area contributed by atoms with E-state index in [1.807, 2.05) is 0 Å². The van der Waals surface area contributed by atoms with Crippen molar-refractivity contribution in [1.29, 1.82) is 5.26 Å². The Morgan fingerprint density at radius 3 is 2.67 bits per heavy atom. The lowest BCUT2D eigenvalue weighted by molar-refractivity contribution is 0.0955. The molecule has 0 aliphatic rings. The SMILES string of the molecule is Cn1c(NCCNC(=O)c2cccnc2)c(C#N)c(=O)n(C)c1=O. The molecule has 0 unspecified atom stereocenters. The molecular weight excluding hydrogens is 312 g/mol. The lowest BCUT2D eigenvalue weighted by Crippen LogP contribution is -2.40. The molecule has 0 fully saturated rings. The molecule has 0 saturated carbocycles. The minimum Gasteiger partial charge on any atom is -0.368 e. The van der Waals surface area contributed by atoms with Crippen molar-refractivity contribution in [3.8, 4) is 6.07 Å². The molecule has 0 radical (unpaired) electrons. The third kappa shape index (κ3) is 3.33. The first kappa shape index (κ1) is 17.0. The summed E-state index contributed by atoms with van der Waals surface area (Å²) >= 11 is 0. The molecular formula is C15H16N6O3. The molecule has 0 aliphatic carbocycles. The van der Waals surface area contributed by atoms with Gasteiger partial charge in [0.25, 0.3) is 11.5 Å². The molecule has 2 heterocycles. The summed E-state index contributed by atoms with van der Waals surface area (Å²) in [7, 11) is 2.77. The van der Waals surface area contributed by atoms with Crippen LogP contribution in [0.25, 0.3) is 0 Å². The predicted molar refractivity (Wildman–Crippen MR) is 86.7 cm³/mol. The van der Waals surface area contributed by atoms with Crippen LogP contribution in [-0.2, 0) is 14.1 Å². The van der Waals surface area contributed by atoms with Crippen molar-refractivity contribution in [2.24, 2.45) is 14.1 Å². The van der Waals surface area contributed by atoms with Gasteiger partial charge in [-0.3, -0.25) is 23.7 Å². The molecule has 0 spiro atoms. The van der Waals surface area contributed by atoms with E-state index in [1.165, 1.54) is 24.9 Å². The highest BCUT2D eigenvalue weighted by Crippen LogP contribution is 2.05. The van der Waals surface area contributed by atoms with Gasteiger partial charge in [0.15, 0.2) is 5.56 Å². The first-order chi connectivity index (χ1) is 11.5. The Balaban J connectivity index is 2.06. The number of anilines is 1. The molecule has 2 aromatic rings. The highest BCUT2D eigenvalue weighted by molar-refractivity contribution is 5.93. The van der Waals surface area contributed by atoms with Gasteiger partial charge in [-0.05, 0) is 12.1 Å². The molecule has 24 heavy (non-hydrogen) atoms. The Hall–Kier alpha value is -3.41. The van der Waals surface area contributed by atoms with Crippen molar-refractivity contribution in [3.05, 3.63) is 56.5 Å². The molecule has 2 rings (SSSR count). The van der Waals surface area contributed by atoms with Crippen molar-refractivity contribution in [3.63, 3.8) is 0 Å². The van der Waals surface area contributed by atoms with Crippen molar-refractivity contribution < 1.29 is 4.79 Å². The summed E-state index contributed by atoms with van der Waals surface area (Å²) in [5, 5.41) is 14.7. The number of nitrogens with zero attached hydrogens (tertiary/aromatic N) is 4. The largest absolute Gasteiger partial charge is 0.368 e. The van der Waals surface area contributed by atoms with Crippen LogP contribution in [0.5, 0.6) is 0 Å². The Labute approximate surface area is 137 Å². The van der Waals surface area contributed by atoms with Gasteiger partial charge in [0, 0.05) is 39.6 Å². The van der Waals surface area contributed by atoms with Gasteiger partial charge in [-0.2, -0.15) is 5.26 Å². The number of pyridine rings is 1. The van der Waals surface area contributed by atoms with E-state index in [4.69, 9.17) is 5.26 Å². The van der Waals surface area contributed by atoms with Gasteiger partial charge in [0.2, 0.25) is 0 Å². The molecule has 0 aromatic carbocycles. The van der Waals surface area contributed by atoms with Crippen molar-refractivity contribution >= 4 is 11.7 Å². The molecule has 2 aromatic heterocycles. The third-order valence-electron chi connectivity index (χ3n) is 3.40. The summed E-state index contributed by atoms with van der Waals surface area (Å²) < 4.78 is 2.05. The topological polar surface area (TPSA) is 122 Å². The van der Waals surface area contributed by atoms with Gasteiger partial charge >= 0.3 is 5.69 Å². The third-order valence-corrected chi connectivity index (χ3v) is 3.40. The van der Waals surface area contributed by atoms with Crippen LogP contribution in [0.15, 0.2) is 34.1 Å². The summed E-state index contributed by atoms with van der Waals surface area (Å²) in [5.41, 5.74) is -0.933. The number of nitriles is 1. The van der Waals surface area contributed by atoms with E-state index in [9.17, 15) is 14.4 Å². The van der Waals surface area contributed by atoms with E-state index in [0.29, 0.717) is 5.56 Å². The molecule has 124 valence electrons. The second kappa shape index (κ2) is 7.23. The monoisotopic (exact) mass is 328 g/mol. The van der Waals surface area contributed by atoms with E-state index in [2.05, 4.69) is 15.6 Å². The van der Waals surface area contributed by atoms with E-state index in [-0.39, 0.29) is 30.4 Å². The van der Waals surface area contributed by atoms with Gasteiger partial charge < -0.3 is 10.6 Å². The highest BCUT2D eigenvalue weighted by Gasteiger charge is 2.14. The summed E-state index contributed by atoms with van der Waals surface area (Å²) in [5.74, 6) is -0.163. The molecule has 0 atom stereocenters. The molecule has 9 nitrogen and oxygen atoms in total. The fourth-order valence-corrected chi connectivity index (χ4v) is 2.11. The number of amides is 1. The maximum absolute atomic E-state index is 11.9. The van der Waals surface area contributed by atoms with Gasteiger partial charge in [-0.15, -0.1) is 0 Å². The average Bonchev–Trinajstić information content (AvgIpc) is 2.61. The van der Waals surface area contributed by atoms with Gasteiger partial charge in [0.1, 0.15) is 11.9 Å². The molecule has 2 N–H and O–H groups in total. The average molecular weight is 328 g/mol. The van der Waals surface area contributed by atoms with Crippen LogP contribution >= 0.6 is 0 Å². The molecule has 0 aliphatic heterocycles. The molecule has 0 saturated heterocycles. The van der Waals surface area contributed by atoms with E-state index in [0.717, 1.165) is 4.57 Å². The number of hydrogen-bond acceptors (Lipinski definition) is 6. The lowest BCUT2D eigenvalue weighted by atomic mass is 10.3. The number of hydrogen-bond donors (Lipinski definition) is 2. The lowest BCUT2D eigenvalue weighted by Gasteiger charge is -2.13. The van der Waals surface area contributed by atoms with Gasteiger partial charge in [-0.1, -0.05) is 0 Å². The number of nitrogens with one attached hydrogen (secondary N) is 2. The Morgan fingerprint density at radius 2 is 2.04 bits per heavy atom. The zero-order valence-electron chi connectivity index (χ0n) is 13.2. The Kier molecular flexibility index (Phi) is 5.11. The minimum absolute atomic E-state index is 0.126.